The van der Waals surface area contributed by atoms with Crippen LogP contribution in [0, 0.1) is 5.82 Å². The van der Waals surface area contributed by atoms with E-state index in [0.717, 1.165) is 10.0 Å². The van der Waals surface area contributed by atoms with E-state index < -0.39 is 0 Å². The van der Waals surface area contributed by atoms with Gasteiger partial charge in [-0.2, -0.15) is 0 Å². The quantitative estimate of drug-likeness (QED) is 0.935. The summed E-state index contributed by atoms with van der Waals surface area (Å²) >= 11 is 3.43. The Labute approximate surface area is 114 Å². The summed E-state index contributed by atoms with van der Waals surface area (Å²) in [7, 11) is 0. The summed E-state index contributed by atoms with van der Waals surface area (Å²) in [6, 6.07) is 13.6. The van der Waals surface area contributed by atoms with Gasteiger partial charge in [0.15, 0.2) is 11.6 Å². The topological polar surface area (TPSA) is 35.2 Å². The van der Waals surface area contributed by atoms with Gasteiger partial charge in [-0.25, -0.2) is 4.39 Å². The van der Waals surface area contributed by atoms with Crippen molar-refractivity contribution in [1.82, 2.24) is 0 Å². The zero-order valence-electron chi connectivity index (χ0n) is 9.64. The molecule has 0 radical (unpaired) electrons. The van der Waals surface area contributed by atoms with Gasteiger partial charge in [0.25, 0.3) is 0 Å². The molecule has 2 rings (SSSR count). The van der Waals surface area contributed by atoms with Crippen LogP contribution in [0.2, 0.25) is 0 Å². The van der Waals surface area contributed by atoms with Crippen molar-refractivity contribution < 1.29 is 9.13 Å². The van der Waals surface area contributed by atoms with E-state index in [1.807, 2.05) is 24.3 Å². The fourth-order valence-electron chi connectivity index (χ4n) is 1.61. The molecule has 0 aromatic heterocycles. The summed E-state index contributed by atoms with van der Waals surface area (Å²) in [5.41, 5.74) is 6.96. The van der Waals surface area contributed by atoms with Crippen LogP contribution in [0.25, 0.3) is 0 Å². The average Bonchev–Trinajstić information content (AvgIpc) is 2.38. The number of para-hydroxylation sites is 1. The summed E-state index contributed by atoms with van der Waals surface area (Å²) in [4.78, 5) is 0. The molecule has 0 saturated heterocycles. The van der Waals surface area contributed by atoms with Gasteiger partial charge >= 0.3 is 0 Å². The summed E-state index contributed by atoms with van der Waals surface area (Å²) < 4.78 is 19.7. The molecule has 1 atom stereocenters. The fourth-order valence-corrected chi connectivity index (χ4v) is 2.19. The molecule has 4 heteroatoms. The van der Waals surface area contributed by atoms with Gasteiger partial charge in [0.2, 0.25) is 0 Å². The van der Waals surface area contributed by atoms with Gasteiger partial charge in [-0.15, -0.1) is 0 Å². The van der Waals surface area contributed by atoms with Gasteiger partial charge in [-0.1, -0.05) is 46.3 Å². The van der Waals surface area contributed by atoms with E-state index in [4.69, 9.17) is 10.5 Å². The van der Waals surface area contributed by atoms with Gasteiger partial charge in [-0.3, -0.25) is 0 Å². The van der Waals surface area contributed by atoms with Crippen molar-refractivity contribution in [2.75, 3.05) is 6.61 Å². The van der Waals surface area contributed by atoms with E-state index in [-0.39, 0.29) is 24.2 Å². The number of rotatable bonds is 4. The maximum atomic E-state index is 13.3. The number of benzene rings is 2. The van der Waals surface area contributed by atoms with Crippen LogP contribution in [-0.4, -0.2) is 6.61 Å². The molecule has 0 fully saturated rings. The molecule has 0 aliphatic rings. The Morgan fingerprint density at radius 1 is 1.11 bits per heavy atom. The second kappa shape index (κ2) is 5.98. The van der Waals surface area contributed by atoms with E-state index >= 15 is 0 Å². The third-order valence-electron chi connectivity index (χ3n) is 2.56. The molecule has 0 aliphatic heterocycles. The standard InChI is InChI=1S/C14H13BrFNO/c15-11-6-2-1-5-10(11)13(17)9-18-14-8-4-3-7-12(14)16/h1-8,13H,9,17H2. The van der Waals surface area contributed by atoms with E-state index in [1.54, 1.807) is 18.2 Å². The molecule has 0 saturated carbocycles. The van der Waals surface area contributed by atoms with Crippen molar-refractivity contribution >= 4 is 15.9 Å². The Hall–Kier alpha value is -1.39. The lowest BCUT2D eigenvalue weighted by molar-refractivity contribution is 0.277. The molecule has 0 spiro atoms. The van der Waals surface area contributed by atoms with Crippen LogP contribution in [0.4, 0.5) is 4.39 Å². The molecule has 2 aromatic rings. The van der Waals surface area contributed by atoms with E-state index in [9.17, 15) is 4.39 Å². The lowest BCUT2D eigenvalue weighted by atomic mass is 10.1. The van der Waals surface area contributed by atoms with Crippen molar-refractivity contribution in [3.05, 3.63) is 64.4 Å². The number of hydrogen-bond donors (Lipinski definition) is 1. The summed E-state index contributed by atoms with van der Waals surface area (Å²) in [5, 5.41) is 0. The van der Waals surface area contributed by atoms with Gasteiger partial charge in [0.1, 0.15) is 6.61 Å². The third-order valence-corrected chi connectivity index (χ3v) is 3.28. The first kappa shape index (κ1) is 13.1. The Morgan fingerprint density at radius 3 is 2.50 bits per heavy atom. The maximum Gasteiger partial charge on any atom is 0.165 e. The van der Waals surface area contributed by atoms with E-state index in [0.29, 0.717) is 0 Å². The van der Waals surface area contributed by atoms with Crippen LogP contribution in [0.1, 0.15) is 11.6 Å². The fraction of sp³-hybridized carbons (Fsp3) is 0.143. The Morgan fingerprint density at radius 2 is 1.78 bits per heavy atom. The van der Waals surface area contributed by atoms with Crippen molar-refractivity contribution in [3.8, 4) is 5.75 Å². The molecule has 94 valence electrons. The van der Waals surface area contributed by atoms with Crippen LogP contribution >= 0.6 is 15.9 Å². The number of hydrogen-bond acceptors (Lipinski definition) is 2. The second-order valence-corrected chi connectivity index (χ2v) is 4.72. The number of nitrogens with two attached hydrogens (primary N) is 1. The SMILES string of the molecule is NC(COc1ccccc1F)c1ccccc1Br. The molecule has 1 unspecified atom stereocenters. The van der Waals surface area contributed by atoms with E-state index in [2.05, 4.69) is 15.9 Å². The third kappa shape index (κ3) is 3.09. The number of halogens is 2. The van der Waals surface area contributed by atoms with Crippen molar-refractivity contribution in [3.63, 3.8) is 0 Å². The molecule has 18 heavy (non-hydrogen) atoms. The highest BCUT2D eigenvalue weighted by Crippen LogP contribution is 2.23. The maximum absolute atomic E-state index is 13.3. The van der Waals surface area contributed by atoms with Crippen LogP contribution < -0.4 is 10.5 Å². The second-order valence-electron chi connectivity index (χ2n) is 3.87. The van der Waals surface area contributed by atoms with Gasteiger partial charge in [-0.05, 0) is 23.8 Å². The molecular weight excluding hydrogens is 297 g/mol. The van der Waals surface area contributed by atoms with Crippen LogP contribution in [0.3, 0.4) is 0 Å². The summed E-state index contributed by atoms with van der Waals surface area (Å²) in [5.74, 6) is -0.156. The zero-order valence-corrected chi connectivity index (χ0v) is 11.2. The highest BCUT2D eigenvalue weighted by molar-refractivity contribution is 9.10. The minimum Gasteiger partial charge on any atom is -0.489 e. The predicted molar refractivity (Wildman–Crippen MR) is 73.0 cm³/mol. The van der Waals surface area contributed by atoms with Crippen molar-refractivity contribution in [2.24, 2.45) is 5.73 Å². The summed E-state index contributed by atoms with van der Waals surface area (Å²) in [6.07, 6.45) is 0. The molecule has 0 amide bonds. The average molecular weight is 310 g/mol. The van der Waals surface area contributed by atoms with Crippen molar-refractivity contribution in [2.45, 2.75) is 6.04 Å². The molecule has 0 heterocycles. The molecule has 2 N–H and O–H groups in total. The minimum atomic E-state index is -0.378. The Balaban J connectivity index is 2.03. The molecule has 2 nitrogen and oxygen atoms in total. The minimum absolute atomic E-state index is 0.222. The van der Waals surface area contributed by atoms with Crippen LogP contribution in [0.5, 0.6) is 5.75 Å². The lowest BCUT2D eigenvalue weighted by Gasteiger charge is -2.15. The molecule has 2 aromatic carbocycles. The summed E-state index contributed by atoms with van der Waals surface area (Å²) in [6.45, 7) is 0.226. The van der Waals surface area contributed by atoms with E-state index in [1.165, 1.54) is 6.07 Å². The first-order valence-electron chi connectivity index (χ1n) is 5.56. The Bertz CT molecular complexity index is 533. The largest absolute Gasteiger partial charge is 0.489 e. The smallest absolute Gasteiger partial charge is 0.165 e. The highest BCUT2D eigenvalue weighted by atomic mass is 79.9. The van der Waals surface area contributed by atoms with Crippen LogP contribution in [0.15, 0.2) is 53.0 Å². The molecular formula is C14H13BrFNO. The van der Waals surface area contributed by atoms with Crippen LogP contribution in [-0.2, 0) is 0 Å². The molecule has 0 bridgehead atoms. The zero-order chi connectivity index (χ0) is 13.0. The normalized spacial score (nSPS) is 12.2. The first-order chi connectivity index (χ1) is 8.68. The molecule has 0 aliphatic carbocycles. The van der Waals surface area contributed by atoms with Gasteiger partial charge in [0, 0.05) is 4.47 Å². The van der Waals surface area contributed by atoms with Crippen molar-refractivity contribution in [1.29, 1.82) is 0 Å². The first-order valence-corrected chi connectivity index (χ1v) is 6.35. The predicted octanol–water partition coefficient (Wildman–Crippen LogP) is 3.67. The highest BCUT2D eigenvalue weighted by Gasteiger charge is 2.11. The van der Waals surface area contributed by atoms with Gasteiger partial charge < -0.3 is 10.5 Å². The monoisotopic (exact) mass is 309 g/mol. The Kier molecular flexibility index (Phi) is 4.33. The lowest BCUT2D eigenvalue weighted by Crippen LogP contribution is -2.19. The van der Waals surface area contributed by atoms with Gasteiger partial charge in [0.05, 0.1) is 6.04 Å². The number of ether oxygens (including phenoxy) is 1.